The van der Waals surface area contributed by atoms with Gasteiger partial charge in [0.05, 0.1) is 0 Å². The molecule has 2 heterocycles. The minimum atomic E-state index is -4.54. The Morgan fingerprint density at radius 2 is 2.13 bits per heavy atom. The van der Waals surface area contributed by atoms with Gasteiger partial charge in [0.1, 0.15) is 0 Å². The first-order chi connectivity index (χ1) is 10.9. The summed E-state index contributed by atoms with van der Waals surface area (Å²) in [6.07, 6.45) is 0.753. The van der Waals surface area contributed by atoms with Gasteiger partial charge in [0, 0.05) is 24.4 Å². The molecule has 0 saturated carbocycles. The maximum atomic E-state index is 13.2. The second-order valence-corrected chi connectivity index (χ2v) is 6.11. The molecular weight excluding hydrogens is 307 g/mol. The Balaban J connectivity index is 1.88. The lowest BCUT2D eigenvalue weighted by molar-refractivity contribution is -0.163. The van der Waals surface area contributed by atoms with Gasteiger partial charge in [-0.05, 0) is 51.4 Å². The number of rotatable bonds is 5. The maximum Gasteiger partial charge on any atom is 0.412 e. The van der Waals surface area contributed by atoms with Crippen LogP contribution in [-0.2, 0) is 4.79 Å². The molecule has 1 fully saturated rings. The van der Waals surface area contributed by atoms with Crippen LogP contribution in [0.25, 0.3) is 0 Å². The van der Waals surface area contributed by atoms with Crippen LogP contribution in [-0.4, -0.2) is 42.1 Å². The molecule has 0 aliphatic carbocycles. The molecule has 7 heteroatoms. The van der Waals surface area contributed by atoms with Gasteiger partial charge in [0.2, 0.25) is 5.91 Å². The number of halogens is 3. The number of hydrogen-bond donors (Lipinski definition) is 1. The summed E-state index contributed by atoms with van der Waals surface area (Å²) in [5.74, 6) is -0.144. The number of alkyl halides is 3. The third kappa shape index (κ3) is 5.49. The topological polar surface area (TPSA) is 45.2 Å². The molecule has 1 unspecified atom stereocenters. The van der Waals surface area contributed by atoms with Crippen LogP contribution in [0.3, 0.4) is 0 Å². The number of piperidine rings is 1. The summed E-state index contributed by atoms with van der Waals surface area (Å²) in [6, 6.07) is 0.752. The van der Waals surface area contributed by atoms with Gasteiger partial charge >= 0.3 is 6.18 Å². The van der Waals surface area contributed by atoms with Crippen molar-refractivity contribution in [3.05, 3.63) is 30.1 Å². The van der Waals surface area contributed by atoms with Gasteiger partial charge in [-0.1, -0.05) is 6.07 Å². The molecule has 1 N–H and O–H groups in total. The zero-order valence-electron chi connectivity index (χ0n) is 13.1. The number of aromatic nitrogens is 1. The van der Waals surface area contributed by atoms with E-state index in [0.29, 0.717) is 12.3 Å². The predicted molar refractivity (Wildman–Crippen MR) is 80.6 cm³/mol. The maximum absolute atomic E-state index is 13.2. The summed E-state index contributed by atoms with van der Waals surface area (Å²) < 4.78 is 39.5. The van der Waals surface area contributed by atoms with E-state index >= 15 is 0 Å². The molecule has 2 rings (SSSR count). The van der Waals surface area contributed by atoms with Crippen molar-refractivity contribution in [1.82, 2.24) is 15.2 Å². The predicted octanol–water partition coefficient (Wildman–Crippen LogP) is 2.92. The summed E-state index contributed by atoms with van der Waals surface area (Å²) in [6.45, 7) is 1.96. The molecule has 0 spiro atoms. The molecule has 1 atom stereocenters. The molecule has 1 aliphatic rings. The van der Waals surface area contributed by atoms with Crippen molar-refractivity contribution in [3.63, 3.8) is 0 Å². The standard InChI is InChI=1S/C16H22F3N3O/c1-22-9-6-12(7-10-22)4-5-14(23)21-15(16(17,18)19)13-3-2-8-20-11-13/h2-3,8,11-12,15H,4-7,9-10H2,1H3,(H,21,23). The van der Waals surface area contributed by atoms with E-state index in [-0.39, 0.29) is 12.0 Å². The highest BCUT2D eigenvalue weighted by molar-refractivity contribution is 5.76. The SMILES string of the molecule is CN1CCC(CCC(=O)NC(c2cccnc2)C(F)(F)F)CC1. The molecular formula is C16H22F3N3O. The molecule has 0 aromatic carbocycles. The first-order valence-electron chi connectivity index (χ1n) is 7.81. The Morgan fingerprint density at radius 1 is 1.43 bits per heavy atom. The average Bonchev–Trinajstić information content (AvgIpc) is 2.52. The minimum absolute atomic E-state index is 0.0485. The number of nitrogens with one attached hydrogen (secondary N) is 1. The quantitative estimate of drug-likeness (QED) is 0.903. The summed E-state index contributed by atoms with van der Waals surface area (Å²) in [5.41, 5.74) is -0.0485. The third-order valence-corrected chi connectivity index (χ3v) is 4.27. The molecule has 1 amide bonds. The van der Waals surface area contributed by atoms with Gasteiger partial charge < -0.3 is 10.2 Å². The average molecular weight is 329 g/mol. The van der Waals surface area contributed by atoms with Crippen molar-refractivity contribution < 1.29 is 18.0 Å². The first kappa shape index (κ1) is 17.7. The number of carbonyl (C=O) groups excluding carboxylic acids is 1. The number of hydrogen-bond acceptors (Lipinski definition) is 3. The van der Waals surface area contributed by atoms with E-state index < -0.39 is 18.1 Å². The summed E-state index contributed by atoms with van der Waals surface area (Å²) >= 11 is 0. The van der Waals surface area contributed by atoms with Crippen molar-refractivity contribution in [2.45, 2.75) is 37.9 Å². The highest BCUT2D eigenvalue weighted by Crippen LogP contribution is 2.32. The van der Waals surface area contributed by atoms with Crippen LogP contribution in [0.1, 0.15) is 37.3 Å². The lowest BCUT2D eigenvalue weighted by Gasteiger charge is -2.29. The number of carbonyl (C=O) groups is 1. The Kier molecular flexibility index (Phi) is 5.98. The molecule has 1 aromatic heterocycles. The zero-order valence-corrected chi connectivity index (χ0v) is 13.1. The number of amides is 1. The third-order valence-electron chi connectivity index (χ3n) is 4.27. The van der Waals surface area contributed by atoms with Gasteiger partial charge in [-0.2, -0.15) is 13.2 Å². The van der Waals surface area contributed by atoms with Crippen molar-refractivity contribution >= 4 is 5.91 Å². The molecule has 4 nitrogen and oxygen atoms in total. The second kappa shape index (κ2) is 7.77. The van der Waals surface area contributed by atoms with E-state index in [2.05, 4.69) is 15.2 Å². The van der Waals surface area contributed by atoms with Crippen LogP contribution >= 0.6 is 0 Å². The van der Waals surface area contributed by atoms with Crippen molar-refractivity contribution in [3.8, 4) is 0 Å². The number of nitrogens with zero attached hydrogens (tertiary/aromatic N) is 2. The fraction of sp³-hybridized carbons (Fsp3) is 0.625. The van der Waals surface area contributed by atoms with E-state index in [0.717, 1.165) is 32.1 Å². The van der Waals surface area contributed by atoms with Crippen LogP contribution in [0.5, 0.6) is 0 Å². The Bertz CT molecular complexity index is 499. The van der Waals surface area contributed by atoms with E-state index in [1.54, 1.807) is 0 Å². The zero-order chi connectivity index (χ0) is 16.9. The van der Waals surface area contributed by atoms with E-state index in [9.17, 15) is 18.0 Å². The minimum Gasteiger partial charge on any atom is -0.341 e. The van der Waals surface area contributed by atoms with E-state index in [4.69, 9.17) is 0 Å². The number of pyridine rings is 1. The van der Waals surface area contributed by atoms with Gasteiger partial charge in [0.25, 0.3) is 0 Å². The lowest BCUT2D eigenvalue weighted by Crippen LogP contribution is -2.38. The Labute approximate surface area is 134 Å². The van der Waals surface area contributed by atoms with Gasteiger partial charge in [-0.15, -0.1) is 0 Å². The molecule has 0 radical (unpaired) electrons. The van der Waals surface area contributed by atoms with Gasteiger partial charge in [-0.25, -0.2) is 0 Å². The Morgan fingerprint density at radius 3 is 2.70 bits per heavy atom. The fourth-order valence-electron chi connectivity index (χ4n) is 2.82. The molecule has 1 saturated heterocycles. The largest absolute Gasteiger partial charge is 0.412 e. The van der Waals surface area contributed by atoms with Crippen LogP contribution in [0.2, 0.25) is 0 Å². The molecule has 1 aromatic rings. The lowest BCUT2D eigenvalue weighted by atomic mass is 9.92. The van der Waals surface area contributed by atoms with Crippen LogP contribution in [0.15, 0.2) is 24.5 Å². The van der Waals surface area contributed by atoms with E-state index in [1.807, 2.05) is 7.05 Å². The molecule has 0 bridgehead atoms. The van der Waals surface area contributed by atoms with Gasteiger partial charge in [0.15, 0.2) is 6.04 Å². The van der Waals surface area contributed by atoms with Gasteiger partial charge in [-0.3, -0.25) is 9.78 Å². The number of likely N-dealkylation sites (tertiary alicyclic amines) is 1. The van der Waals surface area contributed by atoms with Crippen LogP contribution < -0.4 is 5.32 Å². The molecule has 23 heavy (non-hydrogen) atoms. The highest BCUT2D eigenvalue weighted by Gasteiger charge is 2.42. The van der Waals surface area contributed by atoms with Crippen LogP contribution in [0.4, 0.5) is 13.2 Å². The summed E-state index contributed by atoms with van der Waals surface area (Å²) in [4.78, 5) is 17.9. The first-order valence-corrected chi connectivity index (χ1v) is 7.81. The van der Waals surface area contributed by atoms with E-state index in [1.165, 1.54) is 18.3 Å². The summed E-state index contributed by atoms with van der Waals surface area (Å²) in [7, 11) is 2.05. The molecule has 128 valence electrons. The smallest absolute Gasteiger partial charge is 0.341 e. The van der Waals surface area contributed by atoms with Crippen LogP contribution in [0, 0.1) is 5.92 Å². The summed E-state index contributed by atoms with van der Waals surface area (Å²) in [5, 5.41) is 2.11. The fourth-order valence-corrected chi connectivity index (χ4v) is 2.82. The normalized spacial score (nSPS) is 18.6. The second-order valence-electron chi connectivity index (χ2n) is 6.11. The van der Waals surface area contributed by atoms with Crippen molar-refractivity contribution in [2.75, 3.05) is 20.1 Å². The molecule has 1 aliphatic heterocycles. The Hall–Kier alpha value is -1.63. The monoisotopic (exact) mass is 329 g/mol. The van der Waals surface area contributed by atoms with Crippen molar-refractivity contribution in [1.29, 1.82) is 0 Å². The van der Waals surface area contributed by atoms with Crippen molar-refractivity contribution in [2.24, 2.45) is 5.92 Å². The highest BCUT2D eigenvalue weighted by atomic mass is 19.4.